The minimum Gasteiger partial charge on any atom is -0.336 e. The lowest BCUT2D eigenvalue weighted by Crippen LogP contribution is -2.35. The van der Waals surface area contributed by atoms with E-state index in [1.54, 1.807) is 13.1 Å². The van der Waals surface area contributed by atoms with Crippen LogP contribution >= 0.6 is 0 Å². The fourth-order valence-electron chi connectivity index (χ4n) is 3.11. The quantitative estimate of drug-likeness (QED) is 0.754. The van der Waals surface area contributed by atoms with E-state index in [-0.39, 0.29) is 18.4 Å². The van der Waals surface area contributed by atoms with Crippen molar-refractivity contribution in [3.63, 3.8) is 0 Å². The summed E-state index contributed by atoms with van der Waals surface area (Å²) in [6.07, 6.45) is 0.892. The minimum atomic E-state index is -0.425. The van der Waals surface area contributed by atoms with E-state index < -0.39 is 5.82 Å². The SMILES string of the molecule is Cc1nn(CC(C)C)c(C)c1CCC(=O)N(C)CC(=O)Nc1cccc(F)c1. The molecule has 7 heteroatoms. The van der Waals surface area contributed by atoms with Gasteiger partial charge in [-0.15, -0.1) is 0 Å². The van der Waals surface area contributed by atoms with E-state index in [1.807, 2.05) is 18.5 Å². The Morgan fingerprint density at radius 1 is 1.29 bits per heavy atom. The first-order valence-electron chi connectivity index (χ1n) is 9.49. The molecule has 28 heavy (non-hydrogen) atoms. The molecule has 0 spiro atoms. The number of aryl methyl sites for hydroxylation is 1. The van der Waals surface area contributed by atoms with Crippen molar-refractivity contribution in [3.05, 3.63) is 47.0 Å². The van der Waals surface area contributed by atoms with Crippen LogP contribution in [0.4, 0.5) is 10.1 Å². The number of aromatic nitrogens is 2. The lowest BCUT2D eigenvalue weighted by molar-refractivity contribution is -0.133. The van der Waals surface area contributed by atoms with E-state index in [2.05, 4.69) is 24.3 Å². The number of hydrogen-bond donors (Lipinski definition) is 1. The summed E-state index contributed by atoms with van der Waals surface area (Å²) in [6.45, 7) is 9.03. The van der Waals surface area contributed by atoms with Gasteiger partial charge in [-0.1, -0.05) is 19.9 Å². The van der Waals surface area contributed by atoms with Crippen molar-refractivity contribution in [1.29, 1.82) is 0 Å². The van der Waals surface area contributed by atoms with Gasteiger partial charge >= 0.3 is 0 Å². The molecule has 0 aliphatic carbocycles. The Morgan fingerprint density at radius 2 is 2.00 bits per heavy atom. The summed E-state index contributed by atoms with van der Waals surface area (Å²) < 4.78 is 15.2. The van der Waals surface area contributed by atoms with Crippen molar-refractivity contribution < 1.29 is 14.0 Å². The van der Waals surface area contributed by atoms with Gasteiger partial charge in [-0.05, 0) is 49.9 Å². The van der Waals surface area contributed by atoms with Gasteiger partial charge < -0.3 is 10.2 Å². The number of halogens is 1. The van der Waals surface area contributed by atoms with E-state index in [9.17, 15) is 14.0 Å². The fourth-order valence-corrected chi connectivity index (χ4v) is 3.11. The Labute approximate surface area is 165 Å². The third-order valence-corrected chi connectivity index (χ3v) is 4.57. The van der Waals surface area contributed by atoms with Gasteiger partial charge in [-0.2, -0.15) is 5.10 Å². The van der Waals surface area contributed by atoms with Crippen LogP contribution < -0.4 is 5.32 Å². The highest BCUT2D eigenvalue weighted by Gasteiger charge is 2.17. The molecule has 1 heterocycles. The molecule has 0 aliphatic heterocycles. The molecule has 0 atom stereocenters. The molecule has 0 fully saturated rings. The number of benzene rings is 1. The first-order valence-corrected chi connectivity index (χ1v) is 9.49. The molecule has 2 aromatic rings. The largest absolute Gasteiger partial charge is 0.336 e. The molecule has 1 N–H and O–H groups in total. The predicted molar refractivity (Wildman–Crippen MR) is 108 cm³/mol. The summed E-state index contributed by atoms with van der Waals surface area (Å²) in [5.41, 5.74) is 3.49. The molecular formula is C21H29FN4O2. The van der Waals surface area contributed by atoms with E-state index in [1.165, 1.54) is 23.1 Å². The summed E-state index contributed by atoms with van der Waals surface area (Å²) in [4.78, 5) is 25.9. The molecule has 0 saturated carbocycles. The number of nitrogens with zero attached hydrogens (tertiary/aromatic N) is 3. The maximum Gasteiger partial charge on any atom is 0.243 e. The van der Waals surface area contributed by atoms with Gasteiger partial charge in [-0.25, -0.2) is 4.39 Å². The Balaban J connectivity index is 1.89. The van der Waals surface area contributed by atoms with Crippen LogP contribution in [0.25, 0.3) is 0 Å². The van der Waals surface area contributed by atoms with Crippen LogP contribution in [0, 0.1) is 25.6 Å². The number of anilines is 1. The molecular weight excluding hydrogens is 359 g/mol. The van der Waals surface area contributed by atoms with Gasteiger partial charge in [-0.3, -0.25) is 14.3 Å². The second kappa shape index (κ2) is 9.48. The molecule has 152 valence electrons. The summed E-state index contributed by atoms with van der Waals surface area (Å²) >= 11 is 0. The highest BCUT2D eigenvalue weighted by molar-refractivity contribution is 5.94. The van der Waals surface area contributed by atoms with Crippen molar-refractivity contribution in [2.75, 3.05) is 18.9 Å². The van der Waals surface area contributed by atoms with Crippen molar-refractivity contribution in [2.24, 2.45) is 5.92 Å². The normalized spacial score (nSPS) is 11.0. The van der Waals surface area contributed by atoms with E-state index in [4.69, 9.17) is 0 Å². The summed E-state index contributed by atoms with van der Waals surface area (Å²) in [5.74, 6) is -0.412. The number of carbonyl (C=O) groups is 2. The average Bonchev–Trinajstić information content (AvgIpc) is 2.85. The lowest BCUT2D eigenvalue weighted by Gasteiger charge is -2.17. The second-order valence-electron chi connectivity index (χ2n) is 7.53. The molecule has 0 radical (unpaired) electrons. The van der Waals surface area contributed by atoms with Crippen molar-refractivity contribution >= 4 is 17.5 Å². The summed E-state index contributed by atoms with van der Waals surface area (Å²) in [5, 5.41) is 7.17. The van der Waals surface area contributed by atoms with Gasteiger partial charge in [0.1, 0.15) is 5.82 Å². The summed E-state index contributed by atoms with van der Waals surface area (Å²) in [7, 11) is 1.59. The monoisotopic (exact) mass is 388 g/mol. The van der Waals surface area contributed by atoms with Gasteiger partial charge in [0.05, 0.1) is 12.2 Å². The van der Waals surface area contributed by atoms with Crippen LogP contribution in [0.5, 0.6) is 0 Å². The van der Waals surface area contributed by atoms with Crippen LogP contribution in [0.15, 0.2) is 24.3 Å². The maximum absolute atomic E-state index is 13.2. The third kappa shape index (κ3) is 5.90. The molecule has 1 aromatic heterocycles. The number of nitrogens with one attached hydrogen (secondary N) is 1. The lowest BCUT2D eigenvalue weighted by atomic mass is 10.1. The molecule has 6 nitrogen and oxygen atoms in total. The second-order valence-corrected chi connectivity index (χ2v) is 7.53. The molecule has 2 amide bonds. The Bertz CT molecular complexity index is 845. The Kier molecular flexibility index (Phi) is 7.31. The number of amides is 2. The third-order valence-electron chi connectivity index (χ3n) is 4.57. The van der Waals surface area contributed by atoms with Crippen molar-refractivity contribution in [3.8, 4) is 0 Å². The Morgan fingerprint density at radius 3 is 2.64 bits per heavy atom. The van der Waals surface area contributed by atoms with Gasteiger partial charge in [0.25, 0.3) is 0 Å². The first-order chi connectivity index (χ1) is 13.2. The predicted octanol–water partition coefficient (Wildman–Crippen LogP) is 3.32. The molecule has 0 unspecified atom stereocenters. The molecule has 0 aliphatic rings. The van der Waals surface area contributed by atoms with Crippen LogP contribution in [0.2, 0.25) is 0 Å². The van der Waals surface area contributed by atoms with Gasteiger partial charge in [0.15, 0.2) is 0 Å². The van der Waals surface area contributed by atoms with Gasteiger partial charge in [0.2, 0.25) is 11.8 Å². The topological polar surface area (TPSA) is 67.2 Å². The van der Waals surface area contributed by atoms with Crippen LogP contribution in [0.1, 0.15) is 37.2 Å². The van der Waals surface area contributed by atoms with Crippen LogP contribution in [0.3, 0.4) is 0 Å². The zero-order valence-electron chi connectivity index (χ0n) is 17.3. The minimum absolute atomic E-state index is 0.0834. The Hall–Kier alpha value is -2.70. The standard InChI is InChI=1S/C21H29FN4O2/c1-14(2)12-26-16(4)19(15(3)24-26)9-10-21(28)25(5)13-20(27)23-18-8-6-7-17(22)11-18/h6-8,11,14H,9-10,12-13H2,1-5H3,(H,23,27). The number of likely N-dealkylation sites (N-methyl/N-ethyl adjacent to an activating group) is 1. The molecule has 2 rings (SSSR count). The first kappa shape index (κ1) is 21.6. The van der Waals surface area contributed by atoms with E-state index >= 15 is 0 Å². The fraction of sp³-hybridized carbons (Fsp3) is 0.476. The zero-order chi connectivity index (χ0) is 20.8. The highest BCUT2D eigenvalue weighted by Crippen LogP contribution is 2.17. The van der Waals surface area contributed by atoms with Gasteiger partial charge in [0, 0.05) is 31.4 Å². The van der Waals surface area contributed by atoms with Crippen LogP contribution in [-0.4, -0.2) is 40.1 Å². The van der Waals surface area contributed by atoms with Crippen LogP contribution in [-0.2, 0) is 22.6 Å². The van der Waals surface area contributed by atoms with E-state index in [0.717, 1.165) is 23.5 Å². The summed E-state index contributed by atoms with van der Waals surface area (Å²) in [6, 6.07) is 5.66. The smallest absolute Gasteiger partial charge is 0.243 e. The molecule has 0 bridgehead atoms. The number of carbonyl (C=O) groups excluding carboxylic acids is 2. The molecule has 0 saturated heterocycles. The molecule has 1 aromatic carbocycles. The number of rotatable bonds is 8. The highest BCUT2D eigenvalue weighted by atomic mass is 19.1. The number of hydrogen-bond acceptors (Lipinski definition) is 3. The van der Waals surface area contributed by atoms with Crippen molar-refractivity contribution in [2.45, 2.75) is 47.1 Å². The van der Waals surface area contributed by atoms with E-state index in [0.29, 0.717) is 24.4 Å². The zero-order valence-corrected chi connectivity index (χ0v) is 17.3. The maximum atomic E-state index is 13.2. The average molecular weight is 388 g/mol. The van der Waals surface area contributed by atoms with Crippen molar-refractivity contribution in [1.82, 2.24) is 14.7 Å².